The molecular formula is C15H30N2. The Kier molecular flexibility index (Phi) is 5.68. The third kappa shape index (κ3) is 6.23. The van der Waals surface area contributed by atoms with Crippen LogP contribution in [-0.4, -0.2) is 37.1 Å². The second kappa shape index (κ2) is 6.55. The molecule has 2 heteroatoms. The van der Waals surface area contributed by atoms with Gasteiger partial charge in [0.1, 0.15) is 0 Å². The standard InChI is InChI=1S/C15H30N2/c1-13(2)16-11-14(3)12-17-9-6-7-15(4,5)8-10-17/h13,16H,3,6-12H2,1-2,4-5H3. The zero-order chi connectivity index (χ0) is 12.9. The van der Waals surface area contributed by atoms with Gasteiger partial charge in [-0.1, -0.05) is 34.3 Å². The van der Waals surface area contributed by atoms with Crippen molar-refractivity contribution >= 4 is 0 Å². The molecule has 2 nitrogen and oxygen atoms in total. The number of rotatable bonds is 5. The van der Waals surface area contributed by atoms with Gasteiger partial charge in [0.25, 0.3) is 0 Å². The maximum atomic E-state index is 4.18. The summed E-state index contributed by atoms with van der Waals surface area (Å²) in [6.45, 7) is 17.8. The summed E-state index contributed by atoms with van der Waals surface area (Å²) in [5, 5.41) is 3.44. The van der Waals surface area contributed by atoms with E-state index in [9.17, 15) is 0 Å². The lowest BCUT2D eigenvalue weighted by Crippen LogP contribution is -2.32. The van der Waals surface area contributed by atoms with E-state index in [-0.39, 0.29) is 0 Å². The van der Waals surface area contributed by atoms with Gasteiger partial charge in [0.2, 0.25) is 0 Å². The molecule has 1 N–H and O–H groups in total. The van der Waals surface area contributed by atoms with Crippen molar-refractivity contribution in [2.45, 2.75) is 53.0 Å². The van der Waals surface area contributed by atoms with Crippen LogP contribution >= 0.6 is 0 Å². The van der Waals surface area contributed by atoms with Gasteiger partial charge in [-0.3, -0.25) is 4.90 Å². The van der Waals surface area contributed by atoms with Crippen molar-refractivity contribution in [3.8, 4) is 0 Å². The lowest BCUT2D eigenvalue weighted by atomic mass is 9.85. The van der Waals surface area contributed by atoms with E-state index in [1.165, 1.54) is 37.9 Å². The molecule has 1 aliphatic heterocycles. The molecule has 0 aromatic carbocycles. The lowest BCUT2D eigenvalue weighted by Gasteiger charge is -2.24. The van der Waals surface area contributed by atoms with Gasteiger partial charge >= 0.3 is 0 Å². The predicted molar refractivity (Wildman–Crippen MR) is 76.4 cm³/mol. The first-order valence-electron chi connectivity index (χ1n) is 7.01. The van der Waals surface area contributed by atoms with Crippen LogP contribution in [0.2, 0.25) is 0 Å². The number of nitrogens with one attached hydrogen (secondary N) is 1. The first-order chi connectivity index (χ1) is 7.89. The quantitative estimate of drug-likeness (QED) is 0.741. The number of nitrogens with zero attached hydrogens (tertiary/aromatic N) is 1. The SMILES string of the molecule is C=C(CNC(C)C)CN1CCCC(C)(C)CC1. The van der Waals surface area contributed by atoms with Crippen molar-refractivity contribution in [2.24, 2.45) is 5.41 Å². The highest BCUT2D eigenvalue weighted by Crippen LogP contribution is 2.29. The van der Waals surface area contributed by atoms with Crippen molar-refractivity contribution in [3.05, 3.63) is 12.2 Å². The molecule has 0 radical (unpaired) electrons. The molecule has 1 fully saturated rings. The fraction of sp³-hybridized carbons (Fsp3) is 0.867. The third-order valence-corrected chi connectivity index (χ3v) is 3.64. The topological polar surface area (TPSA) is 15.3 Å². The zero-order valence-corrected chi connectivity index (χ0v) is 12.2. The van der Waals surface area contributed by atoms with Crippen LogP contribution in [0.5, 0.6) is 0 Å². The van der Waals surface area contributed by atoms with Crippen molar-refractivity contribution in [1.82, 2.24) is 10.2 Å². The average molecular weight is 238 g/mol. The van der Waals surface area contributed by atoms with E-state index in [1.54, 1.807) is 0 Å². The molecule has 0 aromatic heterocycles. The molecule has 1 saturated heterocycles. The molecule has 0 saturated carbocycles. The van der Waals surface area contributed by atoms with Crippen LogP contribution in [0.15, 0.2) is 12.2 Å². The lowest BCUT2D eigenvalue weighted by molar-refractivity contribution is 0.276. The molecule has 0 amide bonds. The molecule has 0 atom stereocenters. The smallest absolute Gasteiger partial charge is 0.0202 e. The Morgan fingerprint density at radius 3 is 2.65 bits per heavy atom. The molecule has 0 aliphatic carbocycles. The van der Waals surface area contributed by atoms with Crippen molar-refractivity contribution in [1.29, 1.82) is 0 Å². The van der Waals surface area contributed by atoms with Gasteiger partial charge in [-0.25, -0.2) is 0 Å². The van der Waals surface area contributed by atoms with Crippen LogP contribution in [0.3, 0.4) is 0 Å². The molecule has 100 valence electrons. The largest absolute Gasteiger partial charge is 0.311 e. The highest BCUT2D eigenvalue weighted by Gasteiger charge is 2.22. The third-order valence-electron chi connectivity index (χ3n) is 3.64. The van der Waals surface area contributed by atoms with Crippen LogP contribution < -0.4 is 5.32 Å². The van der Waals surface area contributed by atoms with Gasteiger partial charge in [0.15, 0.2) is 0 Å². The number of hydrogen-bond acceptors (Lipinski definition) is 2. The highest BCUT2D eigenvalue weighted by molar-refractivity contribution is 5.00. The fourth-order valence-electron chi connectivity index (χ4n) is 2.36. The Bertz CT molecular complexity index is 243. The summed E-state index contributed by atoms with van der Waals surface area (Å²) in [4.78, 5) is 2.57. The minimum Gasteiger partial charge on any atom is -0.311 e. The summed E-state index contributed by atoms with van der Waals surface area (Å²) in [6.07, 6.45) is 4.01. The summed E-state index contributed by atoms with van der Waals surface area (Å²) < 4.78 is 0. The Hall–Kier alpha value is -0.340. The van der Waals surface area contributed by atoms with E-state index in [4.69, 9.17) is 0 Å². The molecule has 1 rings (SSSR count). The predicted octanol–water partition coefficient (Wildman–Crippen LogP) is 3.05. The average Bonchev–Trinajstić information content (AvgIpc) is 2.37. The highest BCUT2D eigenvalue weighted by atomic mass is 15.1. The van der Waals surface area contributed by atoms with Crippen LogP contribution in [0.4, 0.5) is 0 Å². The Morgan fingerprint density at radius 2 is 2.00 bits per heavy atom. The molecule has 1 heterocycles. The fourth-order valence-corrected chi connectivity index (χ4v) is 2.36. The second-order valence-corrected chi connectivity index (χ2v) is 6.58. The molecular weight excluding hydrogens is 208 g/mol. The minimum absolute atomic E-state index is 0.534. The van der Waals surface area contributed by atoms with Crippen molar-refractivity contribution in [3.63, 3.8) is 0 Å². The molecule has 0 spiro atoms. The molecule has 17 heavy (non-hydrogen) atoms. The summed E-state index contributed by atoms with van der Waals surface area (Å²) >= 11 is 0. The Balaban J connectivity index is 2.29. The summed E-state index contributed by atoms with van der Waals surface area (Å²) in [5.74, 6) is 0. The molecule has 0 aromatic rings. The molecule has 0 bridgehead atoms. The van der Waals surface area contributed by atoms with E-state index < -0.39 is 0 Å². The number of likely N-dealkylation sites (tertiary alicyclic amines) is 1. The van der Waals surface area contributed by atoms with Crippen LogP contribution in [0, 0.1) is 5.41 Å². The maximum absolute atomic E-state index is 4.18. The van der Waals surface area contributed by atoms with E-state index in [0.29, 0.717) is 11.5 Å². The van der Waals surface area contributed by atoms with Crippen molar-refractivity contribution in [2.75, 3.05) is 26.2 Å². The first kappa shape index (κ1) is 14.7. The van der Waals surface area contributed by atoms with Crippen LogP contribution in [0.1, 0.15) is 47.0 Å². The van der Waals surface area contributed by atoms with Gasteiger partial charge in [-0.2, -0.15) is 0 Å². The summed E-state index contributed by atoms with van der Waals surface area (Å²) in [5.41, 5.74) is 1.85. The zero-order valence-electron chi connectivity index (χ0n) is 12.2. The molecule has 1 aliphatic rings. The van der Waals surface area contributed by atoms with Gasteiger partial charge in [0, 0.05) is 19.1 Å². The number of hydrogen-bond donors (Lipinski definition) is 1. The summed E-state index contributed by atoms with van der Waals surface area (Å²) in [6, 6.07) is 0.551. The van der Waals surface area contributed by atoms with Gasteiger partial charge in [-0.05, 0) is 43.3 Å². The van der Waals surface area contributed by atoms with E-state index in [2.05, 4.69) is 44.5 Å². The van der Waals surface area contributed by atoms with E-state index in [0.717, 1.165) is 13.1 Å². The van der Waals surface area contributed by atoms with Crippen molar-refractivity contribution < 1.29 is 0 Å². The first-order valence-corrected chi connectivity index (χ1v) is 7.01. The maximum Gasteiger partial charge on any atom is 0.0202 e. The van der Waals surface area contributed by atoms with Crippen LogP contribution in [-0.2, 0) is 0 Å². The Morgan fingerprint density at radius 1 is 1.29 bits per heavy atom. The Labute approximate surface area is 107 Å². The van der Waals surface area contributed by atoms with Gasteiger partial charge in [-0.15, -0.1) is 0 Å². The normalized spacial score (nSPS) is 21.5. The van der Waals surface area contributed by atoms with E-state index >= 15 is 0 Å². The monoisotopic (exact) mass is 238 g/mol. The van der Waals surface area contributed by atoms with Gasteiger partial charge in [0.05, 0.1) is 0 Å². The molecule has 0 unspecified atom stereocenters. The van der Waals surface area contributed by atoms with E-state index in [1.807, 2.05) is 0 Å². The van der Waals surface area contributed by atoms with Gasteiger partial charge < -0.3 is 5.32 Å². The van der Waals surface area contributed by atoms with Crippen LogP contribution in [0.25, 0.3) is 0 Å². The summed E-state index contributed by atoms with van der Waals surface area (Å²) in [7, 11) is 0. The minimum atomic E-state index is 0.534. The second-order valence-electron chi connectivity index (χ2n) is 6.58.